The first-order valence-corrected chi connectivity index (χ1v) is 6.39. The molecule has 0 aliphatic rings. The lowest BCUT2D eigenvalue weighted by molar-refractivity contribution is 0.0600. The maximum absolute atomic E-state index is 11.3. The third kappa shape index (κ3) is 4.96. The Morgan fingerprint density at radius 3 is 2.40 bits per heavy atom. The van der Waals surface area contributed by atoms with E-state index in [9.17, 15) is 4.79 Å². The lowest BCUT2D eigenvalue weighted by Gasteiger charge is -2.02. The van der Waals surface area contributed by atoms with Gasteiger partial charge in [-0.05, 0) is 43.4 Å². The third-order valence-electron chi connectivity index (χ3n) is 2.88. The van der Waals surface area contributed by atoms with Crippen LogP contribution in [0.1, 0.15) is 35.2 Å². The molecule has 0 radical (unpaired) electrons. The Balaban J connectivity index is 2.37. The summed E-state index contributed by atoms with van der Waals surface area (Å²) in [6.07, 6.45) is 5.20. The van der Waals surface area contributed by atoms with Gasteiger partial charge in [0.05, 0.1) is 12.7 Å². The maximum atomic E-state index is 11.3. The normalized spacial score (nSPS) is 9.15. The molecule has 1 aromatic carbocycles. The zero-order valence-corrected chi connectivity index (χ0v) is 11.4. The van der Waals surface area contributed by atoms with Crippen molar-refractivity contribution in [3.63, 3.8) is 0 Å². The molecule has 102 valence electrons. The molecule has 0 aliphatic heterocycles. The molecule has 0 atom stereocenters. The summed E-state index contributed by atoms with van der Waals surface area (Å²) in [5.74, 6) is -0.331. The van der Waals surface area contributed by atoms with Crippen LogP contribution in [0.3, 0.4) is 0 Å². The fourth-order valence-electron chi connectivity index (χ4n) is 1.76. The zero-order valence-electron chi connectivity index (χ0n) is 11.4. The van der Waals surface area contributed by atoms with Gasteiger partial charge in [0.15, 0.2) is 0 Å². The molecule has 0 aliphatic carbocycles. The number of nitriles is 2. The number of aryl methyl sites for hydroxylation is 1. The van der Waals surface area contributed by atoms with Crippen LogP contribution in [-0.2, 0) is 11.2 Å². The maximum Gasteiger partial charge on any atom is 0.337 e. The number of carbonyl (C=O) groups is 1. The number of nitrogens with zero attached hydrogens (tertiary/aromatic N) is 2. The van der Waals surface area contributed by atoms with Crippen molar-refractivity contribution in [3.05, 3.63) is 47.0 Å². The number of methoxy groups -OCH3 is 1. The van der Waals surface area contributed by atoms with E-state index in [0.29, 0.717) is 5.56 Å². The highest BCUT2D eigenvalue weighted by Crippen LogP contribution is 2.10. The second kappa shape index (κ2) is 8.50. The van der Waals surface area contributed by atoms with Crippen LogP contribution < -0.4 is 0 Å². The molecule has 0 aromatic heterocycles. The van der Waals surface area contributed by atoms with E-state index in [0.717, 1.165) is 31.2 Å². The number of rotatable bonds is 6. The van der Waals surface area contributed by atoms with Crippen LogP contribution in [0.4, 0.5) is 0 Å². The van der Waals surface area contributed by atoms with Gasteiger partial charge in [-0.2, -0.15) is 10.5 Å². The van der Waals surface area contributed by atoms with Crippen LogP contribution in [0.2, 0.25) is 0 Å². The van der Waals surface area contributed by atoms with Gasteiger partial charge in [0.25, 0.3) is 0 Å². The van der Waals surface area contributed by atoms with E-state index >= 15 is 0 Å². The van der Waals surface area contributed by atoms with Crippen LogP contribution in [0.25, 0.3) is 0 Å². The van der Waals surface area contributed by atoms with E-state index in [1.54, 1.807) is 18.2 Å². The molecule has 1 aromatic rings. The number of unbranched alkanes of at least 4 members (excludes halogenated alkanes) is 2. The largest absolute Gasteiger partial charge is 0.465 e. The minimum Gasteiger partial charge on any atom is -0.465 e. The highest BCUT2D eigenvalue weighted by molar-refractivity contribution is 5.89. The molecule has 0 amide bonds. The first-order valence-electron chi connectivity index (χ1n) is 6.39. The zero-order chi connectivity index (χ0) is 14.8. The first-order chi connectivity index (χ1) is 9.71. The Labute approximate surface area is 118 Å². The van der Waals surface area contributed by atoms with Gasteiger partial charge in [-0.3, -0.25) is 0 Å². The molecular weight excluding hydrogens is 252 g/mol. The Hall–Kier alpha value is -2.59. The highest BCUT2D eigenvalue weighted by Gasteiger charge is 2.03. The predicted molar refractivity (Wildman–Crippen MR) is 74.6 cm³/mol. The summed E-state index contributed by atoms with van der Waals surface area (Å²) in [5.41, 5.74) is 1.88. The van der Waals surface area contributed by atoms with Crippen LogP contribution >= 0.6 is 0 Å². The Kier molecular flexibility index (Phi) is 6.57. The average molecular weight is 268 g/mol. The smallest absolute Gasteiger partial charge is 0.337 e. The number of hydrogen-bond donors (Lipinski definition) is 0. The van der Waals surface area contributed by atoms with Crippen molar-refractivity contribution < 1.29 is 9.53 Å². The van der Waals surface area contributed by atoms with Crippen molar-refractivity contribution in [1.29, 1.82) is 10.5 Å². The summed E-state index contributed by atoms with van der Waals surface area (Å²) in [7, 11) is 1.36. The number of hydrogen-bond acceptors (Lipinski definition) is 4. The summed E-state index contributed by atoms with van der Waals surface area (Å²) in [6.45, 7) is 0. The van der Waals surface area contributed by atoms with E-state index in [-0.39, 0.29) is 11.5 Å². The molecular formula is C16H16N2O2. The van der Waals surface area contributed by atoms with Crippen LogP contribution in [0, 0.1) is 22.7 Å². The summed E-state index contributed by atoms with van der Waals surface area (Å²) in [6, 6.07) is 11.0. The van der Waals surface area contributed by atoms with E-state index in [2.05, 4.69) is 4.74 Å². The highest BCUT2D eigenvalue weighted by atomic mass is 16.5. The summed E-state index contributed by atoms with van der Waals surface area (Å²) in [4.78, 5) is 11.3. The van der Waals surface area contributed by atoms with E-state index in [4.69, 9.17) is 10.5 Å². The molecule has 0 heterocycles. The van der Waals surface area contributed by atoms with E-state index < -0.39 is 0 Å². The van der Waals surface area contributed by atoms with Crippen molar-refractivity contribution in [2.75, 3.05) is 7.11 Å². The SMILES string of the molecule is COC(=O)c1ccc(CCCCC=C(C#N)C#N)cc1. The topological polar surface area (TPSA) is 73.9 Å². The standard InChI is InChI=1S/C16H16N2O2/c1-20-16(19)15-9-7-13(8-10-15)5-3-2-4-6-14(11-17)12-18/h6-10H,2-5H2,1H3. The molecule has 0 saturated carbocycles. The van der Waals surface area contributed by atoms with Gasteiger partial charge in [-0.1, -0.05) is 18.2 Å². The second-order valence-corrected chi connectivity index (χ2v) is 4.28. The summed E-state index contributed by atoms with van der Waals surface area (Å²) < 4.78 is 4.63. The molecule has 0 spiro atoms. The minimum absolute atomic E-state index is 0.174. The molecule has 4 nitrogen and oxygen atoms in total. The van der Waals surface area contributed by atoms with Gasteiger partial charge < -0.3 is 4.74 Å². The van der Waals surface area contributed by atoms with E-state index in [1.165, 1.54) is 7.11 Å². The number of esters is 1. The van der Waals surface area contributed by atoms with Gasteiger partial charge in [-0.15, -0.1) is 0 Å². The van der Waals surface area contributed by atoms with Crippen LogP contribution in [0.5, 0.6) is 0 Å². The molecule has 0 unspecified atom stereocenters. The van der Waals surface area contributed by atoms with Crippen molar-refractivity contribution in [2.45, 2.75) is 25.7 Å². The predicted octanol–water partition coefficient (Wildman–Crippen LogP) is 3.16. The van der Waals surface area contributed by atoms with Crippen LogP contribution in [0.15, 0.2) is 35.9 Å². The van der Waals surface area contributed by atoms with Crippen LogP contribution in [-0.4, -0.2) is 13.1 Å². The first kappa shape index (κ1) is 15.5. The summed E-state index contributed by atoms with van der Waals surface area (Å²) >= 11 is 0. The Morgan fingerprint density at radius 1 is 1.20 bits per heavy atom. The fourth-order valence-corrected chi connectivity index (χ4v) is 1.76. The summed E-state index contributed by atoms with van der Waals surface area (Å²) in [5, 5.41) is 17.1. The Bertz CT molecular complexity index is 544. The Morgan fingerprint density at radius 2 is 1.85 bits per heavy atom. The van der Waals surface area contributed by atoms with Crippen molar-refractivity contribution in [3.8, 4) is 12.1 Å². The molecule has 0 fully saturated rings. The molecule has 0 N–H and O–H groups in total. The van der Waals surface area contributed by atoms with E-state index in [1.807, 2.05) is 24.3 Å². The van der Waals surface area contributed by atoms with Gasteiger partial charge in [0, 0.05) is 0 Å². The number of allylic oxidation sites excluding steroid dienone is 2. The average Bonchev–Trinajstić information content (AvgIpc) is 2.50. The third-order valence-corrected chi connectivity index (χ3v) is 2.88. The number of carbonyl (C=O) groups excluding carboxylic acids is 1. The molecule has 0 bridgehead atoms. The van der Waals surface area contributed by atoms with Crippen molar-refractivity contribution in [1.82, 2.24) is 0 Å². The molecule has 4 heteroatoms. The van der Waals surface area contributed by atoms with Gasteiger partial charge in [-0.25, -0.2) is 4.79 Å². The van der Waals surface area contributed by atoms with Gasteiger partial charge in [0.2, 0.25) is 0 Å². The van der Waals surface area contributed by atoms with Gasteiger partial charge in [0.1, 0.15) is 17.7 Å². The molecule has 0 saturated heterocycles. The quantitative estimate of drug-likeness (QED) is 0.451. The number of benzene rings is 1. The fraction of sp³-hybridized carbons (Fsp3) is 0.312. The van der Waals surface area contributed by atoms with Crippen molar-refractivity contribution >= 4 is 5.97 Å². The molecule has 1 rings (SSSR count). The monoisotopic (exact) mass is 268 g/mol. The second-order valence-electron chi connectivity index (χ2n) is 4.28. The van der Waals surface area contributed by atoms with Crippen molar-refractivity contribution in [2.24, 2.45) is 0 Å². The number of ether oxygens (including phenoxy) is 1. The van der Waals surface area contributed by atoms with Gasteiger partial charge >= 0.3 is 5.97 Å². The molecule has 20 heavy (non-hydrogen) atoms. The lowest BCUT2D eigenvalue weighted by Crippen LogP contribution is -2.00. The lowest BCUT2D eigenvalue weighted by atomic mass is 10.0. The minimum atomic E-state index is -0.331.